The summed E-state index contributed by atoms with van der Waals surface area (Å²) in [7, 11) is 1.92. The third kappa shape index (κ3) is 3.17. The lowest BCUT2D eigenvalue weighted by Gasteiger charge is -2.29. The molecule has 5 nitrogen and oxygen atoms in total. The third-order valence-electron chi connectivity index (χ3n) is 2.78. The van der Waals surface area contributed by atoms with E-state index in [2.05, 4.69) is 10.3 Å². The van der Waals surface area contributed by atoms with Crippen LogP contribution in [0.3, 0.4) is 0 Å². The summed E-state index contributed by atoms with van der Waals surface area (Å²) < 4.78 is 0. The number of carbonyl (C=O) groups is 1. The summed E-state index contributed by atoms with van der Waals surface area (Å²) in [6.07, 6.45) is 0. The summed E-state index contributed by atoms with van der Waals surface area (Å²) in [5, 5.41) is 6.15. The molecular formula is C11H18N4OS. The van der Waals surface area contributed by atoms with E-state index in [1.807, 2.05) is 29.2 Å². The van der Waals surface area contributed by atoms with E-state index in [4.69, 9.17) is 0 Å². The van der Waals surface area contributed by atoms with Crippen molar-refractivity contribution < 1.29 is 4.79 Å². The summed E-state index contributed by atoms with van der Waals surface area (Å²) in [4.78, 5) is 20.2. The smallest absolute Gasteiger partial charge is 0.242 e. The highest BCUT2D eigenvalue weighted by Crippen LogP contribution is 2.18. The van der Waals surface area contributed by atoms with Gasteiger partial charge in [0.25, 0.3) is 0 Å². The molecule has 1 aliphatic heterocycles. The zero-order chi connectivity index (χ0) is 12.3. The van der Waals surface area contributed by atoms with Gasteiger partial charge in [-0.2, -0.15) is 0 Å². The quantitative estimate of drug-likeness (QED) is 0.844. The Morgan fingerprint density at radius 2 is 2.29 bits per heavy atom. The molecule has 0 unspecified atom stereocenters. The van der Waals surface area contributed by atoms with Gasteiger partial charge >= 0.3 is 0 Å². The van der Waals surface area contributed by atoms with Crippen LogP contribution in [0.5, 0.6) is 0 Å². The molecule has 94 valence electrons. The molecule has 1 amide bonds. The van der Waals surface area contributed by atoms with E-state index < -0.39 is 0 Å². The van der Waals surface area contributed by atoms with Crippen LogP contribution in [-0.4, -0.2) is 55.6 Å². The largest absolute Gasteiger partial charge is 0.342 e. The van der Waals surface area contributed by atoms with Gasteiger partial charge in [0.05, 0.1) is 12.2 Å². The fourth-order valence-corrected chi connectivity index (χ4v) is 2.57. The minimum atomic E-state index is 0.182. The van der Waals surface area contributed by atoms with Crippen LogP contribution in [0.15, 0.2) is 5.38 Å². The van der Waals surface area contributed by atoms with Gasteiger partial charge < -0.3 is 15.1 Å². The second kappa shape index (κ2) is 5.46. The number of likely N-dealkylation sites (N-methyl/N-ethyl adjacent to an activating group) is 1. The molecule has 2 rings (SSSR count). The Morgan fingerprint density at radius 3 is 2.88 bits per heavy atom. The van der Waals surface area contributed by atoms with Crippen molar-refractivity contribution in [1.29, 1.82) is 0 Å². The number of piperazine rings is 1. The molecule has 0 spiro atoms. The fourth-order valence-electron chi connectivity index (χ4n) is 1.80. The van der Waals surface area contributed by atoms with E-state index in [0.29, 0.717) is 6.54 Å². The van der Waals surface area contributed by atoms with Crippen LogP contribution in [0, 0.1) is 6.92 Å². The Kier molecular flexibility index (Phi) is 3.96. The SMILES string of the molecule is Cc1csc(N(C)CC(=O)N2CCNCC2)n1. The molecule has 1 aromatic rings. The maximum Gasteiger partial charge on any atom is 0.242 e. The summed E-state index contributed by atoms with van der Waals surface area (Å²) in [6, 6.07) is 0. The van der Waals surface area contributed by atoms with Crippen molar-refractivity contribution in [1.82, 2.24) is 15.2 Å². The second-order valence-electron chi connectivity index (χ2n) is 4.26. The van der Waals surface area contributed by atoms with E-state index in [0.717, 1.165) is 37.0 Å². The average molecular weight is 254 g/mol. The molecule has 1 fully saturated rings. The van der Waals surface area contributed by atoms with Crippen molar-refractivity contribution in [3.8, 4) is 0 Å². The van der Waals surface area contributed by atoms with Crippen molar-refractivity contribution in [3.63, 3.8) is 0 Å². The number of hydrogen-bond donors (Lipinski definition) is 1. The molecule has 1 aliphatic rings. The van der Waals surface area contributed by atoms with E-state index in [-0.39, 0.29) is 5.91 Å². The Bertz CT molecular complexity index is 387. The maximum absolute atomic E-state index is 12.0. The first-order valence-corrected chi connectivity index (χ1v) is 6.66. The van der Waals surface area contributed by atoms with Crippen molar-refractivity contribution in [2.75, 3.05) is 44.7 Å². The van der Waals surface area contributed by atoms with Crippen LogP contribution in [0.2, 0.25) is 0 Å². The zero-order valence-electron chi connectivity index (χ0n) is 10.3. The number of aromatic nitrogens is 1. The van der Waals surface area contributed by atoms with Crippen LogP contribution in [-0.2, 0) is 4.79 Å². The minimum absolute atomic E-state index is 0.182. The number of carbonyl (C=O) groups excluding carboxylic acids is 1. The normalized spacial score (nSPS) is 16.0. The van der Waals surface area contributed by atoms with Gasteiger partial charge in [0.2, 0.25) is 5.91 Å². The molecule has 0 aromatic carbocycles. The third-order valence-corrected chi connectivity index (χ3v) is 3.85. The Balaban J connectivity index is 1.89. The van der Waals surface area contributed by atoms with Gasteiger partial charge in [0.15, 0.2) is 5.13 Å². The van der Waals surface area contributed by atoms with Crippen LogP contribution in [0.25, 0.3) is 0 Å². The van der Waals surface area contributed by atoms with Gasteiger partial charge in [-0.25, -0.2) is 4.98 Å². The van der Waals surface area contributed by atoms with Gasteiger partial charge in [-0.3, -0.25) is 4.79 Å². The average Bonchev–Trinajstić information content (AvgIpc) is 2.77. The van der Waals surface area contributed by atoms with Crippen molar-refractivity contribution in [2.45, 2.75) is 6.92 Å². The number of thiazole rings is 1. The number of aryl methyl sites for hydroxylation is 1. The number of nitrogens with one attached hydrogen (secondary N) is 1. The van der Waals surface area contributed by atoms with Crippen LogP contribution >= 0.6 is 11.3 Å². The highest BCUT2D eigenvalue weighted by molar-refractivity contribution is 7.13. The van der Waals surface area contributed by atoms with Crippen LogP contribution in [0.4, 0.5) is 5.13 Å². The lowest BCUT2D eigenvalue weighted by atomic mass is 10.3. The summed E-state index contributed by atoms with van der Waals surface area (Å²) >= 11 is 1.58. The lowest BCUT2D eigenvalue weighted by molar-refractivity contribution is -0.130. The Hall–Kier alpha value is -1.14. The van der Waals surface area contributed by atoms with E-state index in [1.54, 1.807) is 11.3 Å². The molecular weight excluding hydrogens is 236 g/mol. The topological polar surface area (TPSA) is 48.5 Å². The van der Waals surface area contributed by atoms with Crippen molar-refractivity contribution >= 4 is 22.4 Å². The molecule has 17 heavy (non-hydrogen) atoms. The Morgan fingerprint density at radius 1 is 1.59 bits per heavy atom. The first-order chi connectivity index (χ1) is 8.16. The van der Waals surface area contributed by atoms with Gasteiger partial charge in [-0.1, -0.05) is 0 Å². The monoisotopic (exact) mass is 254 g/mol. The maximum atomic E-state index is 12.0. The molecule has 2 heterocycles. The highest BCUT2D eigenvalue weighted by atomic mass is 32.1. The summed E-state index contributed by atoms with van der Waals surface area (Å²) in [5.74, 6) is 0.182. The van der Waals surface area contributed by atoms with E-state index in [9.17, 15) is 4.79 Å². The predicted octanol–water partition coefficient (Wildman–Crippen LogP) is 0.320. The van der Waals surface area contributed by atoms with E-state index in [1.165, 1.54) is 0 Å². The molecule has 1 saturated heterocycles. The second-order valence-corrected chi connectivity index (χ2v) is 5.09. The predicted molar refractivity (Wildman–Crippen MR) is 69.6 cm³/mol. The minimum Gasteiger partial charge on any atom is -0.342 e. The van der Waals surface area contributed by atoms with Crippen LogP contribution < -0.4 is 10.2 Å². The first-order valence-electron chi connectivity index (χ1n) is 5.78. The van der Waals surface area contributed by atoms with Gasteiger partial charge in [0.1, 0.15) is 0 Å². The van der Waals surface area contributed by atoms with Gasteiger partial charge in [-0.15, -0.1) is 11.3 Å². The number of nitrogens with zero attached hydrogens (tertiary/aromatic N) is 3. The number of hydrogen-bond acceptors (Lipinski definition) is 5. The summed E-state index contributed by atoms with van der Waals surface area (Å²) in [6.45, 7) is 5.78. The van der Waals surface area contributed by atoms with Crippen molar-refractivity contribution in [2.24, 2.45) is 0 Å². The van der Waals surface area contributed by atoms with Crippen LogP contribution in [0.1, 0.15) is 5.69 Å². The zero-order valence-corrected chi connectivity index (χ0v) is 11.1. The molecule has 1 aromatic heterocycles. The summed E-state index contributed by atoms with van der Waals surface area (Å²) in [5.41, 5.74) is 1.01. The van der Waals surface area contributed by atoms with E-state index >= 15 is 0 Å². The fraction of sp³-hybridized carbons (Fsp3) is 0.636. The molecule has 0 radical (unpaired) electrons. The lowest BCUT2D eigenvalue weighted by Crippen LogP contribution is -2.49. The molecule has 0 bridgehead atoms. The number of anilines is 1. The molecule has 1 N–H and O–H groups in total. The van der Waals surface area contributed by atoms with Crippen molar-refractivity contribution in [3.05, 3.63) is 11.1 Å². The molecule has 6 heteroatoms. The molecule has 0 atom stereocenters. The first kappa shape index (κ1) is 12.3. The number of amides is 1. The molecule has 0 saturated carbocycles. The standard InChI is InChI=1S/C11H18N4OS/c1-9-8-17-11(13-9)14(2)7-10(16)15-5-3-12-4-6-15/h8,12H,3-7H2,1-2H3. The highest BCUT2D eigenvalue weighted by Gasteiger charge is 2.18. The Labute approximate surface area is 105 Å². The molecule has 0 aliphatic carbocycles. The van der Waals surface area contributed by atoms with Gasteiger partial charge in [-0.05, 0) is 6.92 Å². The number of rotatable bonds is 3. The van der Waals surface area contributed by atoms with Gasteiger partial charge in [0, 0.05) is 38.6 Å².